The van der Waals surface area contributed by atoms with Crippen molar-refractivity contribution in [1.82, 2.24) is 16.0 Å². The van der Waals surface area contributed by atoms with Gasteiger partial charge in [0.05, 0.1) is 0 Å². The molecule has 0 spiro atoms. The lowest BCUT2D eigenvalue weighted by atomic mass is 9.86. The summed E-state index contributed by atoms with van der Waals surface area (Å²) in [5, 5.41) is 8.42. The molecule has 2 aromatic carbocycles. The zero-order valence-electron chi connectivity index (χ0n) is 19.7. The molecule has 1 atom stereocenters. The lowest BCUT2D eigenvalue weighted by Crippen LogP contribution is -2.50. The number of benzene rings is 2. The van der Waals surface area contributed by atoms with Gasteiger partial charge in [-0.3, -0.25) is 14.4 Å². The van der Waals surface area contributed by atoms with Crippen molar-refractivity contribution in [2.24, 2.45) is 5.92 Å². The molecule has 3 amide bonds. The molecule has 0 aromatic heterocycles. The van der Waals surface area contributed by atoms with Crippen LogP contribution in [0.3, 0.4) is 0 Å². The molecule has 0 aliphatic heterocycles. The largest absolute Gasteiger partial charge is 0.354 e. The lowest BCUT2D eigenvalue weighted by molar-refractivity contribution is -0.124. The van der Waals surface area contributed by atoms with Crippen LogP contribution in [0.15, 0.2) is 54.6 Å². The van der Waals surface area contributed by atoms with Crippen LogP contribution >= 0.6 is 0 Å². The minimum Gasteiger partial charge on any atom is -0.354 e. The van der Waals surface area contributed by atoms with E-state index in [1.165, 1.54) is 0 Å². The number of amides is 3. The summed E-state index contributed by atoms with van der Waals surface area (Å²) < 4.78 is 0. The summed E-state index contributed by atoms with van der Waals surface area (Å²) in [5.74, 6) is -0.826. The highest BCUT2D eigenvalue weighted by molar-refractivity contribution is 5.97. The molecule has 0 heterocycles. The second kappa shape index (κ2) is 11.5. The van der Waals surface area contributed by atoms with Gasteiger partial charge in [0.15, 0.2) is 0 Å². The Morgan fingerprint density at radius 1 is 0.875 bits per heavy atom. The van der Waals surface area contributed by atoms with Gasteiger partial charge in [-0.1, -0.05) is 77.1 Å². The number of nitrogens with one attached hydrogen (secondary N) is 3. The maximum atomic E-state index is 12.7. The molecule has 0 bridgehead atoms. The van der Waals surface area contributed by atoms with E-state index in [4.69, 9.17) is 0 Å². The predicted molar refractivity (Wildman–Crippen MR) is 127 cm³/mol. The van der Waals surface area contributed by atoms with E-state index in [2.05, 4.69) is 36.7 Å². The minimum atomic E-state index is -0.683. The van der Waals surface area contributed by atoms with Crippen molar-refractivity contribution in [3.8, 4) is 0 Å². The summed E-state index contributed by atoms with van der Waals surface area (Å²) in [6.45, 7) is 10.8. The van der Waals surface area contributed by atoms with Gasteiger partial charge in [-0.2, -0.15) is 0 Å². The van der Waals surface area contributed by atoms with Crippen LogP contribution < -0.4 is 16.0 Å². The van der Waals surface area contributed by atoms with Gasteiger partial charge in [0.2, 0.25) is 11.8 Å². The molecule has 32 heavy (non-hydrogen) atoms. The number of carbonyl (C=O) groups is 3. The van der Waals surface area contributed by atoms with Crippen LogP contribution in [0.1, 0.15) is 62.5 Å². The van der Waals surface area contributed by atoms with Crippen molar-refractivity contribution in [3.63, 3.8) is 0 Å². The summed E-state index contributed by atoms with van der Waals surface area (Å²) >= 11 is 0. The SMILES string of the molecule is CC(C)C(NC(=O)c1ccc(C(C)(C)C)cc1)C(=O)NCCC(=O)NCc1ccccc1. The van der Waals surface area contributed by atoms with E-state index in [1.807, 2.05) is 56.3 Å². The van der Waals surface area contributed by atoms with E-state index in [1.54, 1.807) is 12.1 Å². The third kappa shape index (κ3) is 7.84. The van der Waals surface area contributed by atoms with Gasteiger partial charge in [-0.25, -0.2) is 0 Å². The van der Waals surface area contributed by atoms with E-state index >= 15 is 0 Å². The summed E-state index contributed by atoms with van der Waals surface area (Å²) in [6.07, 6.45) is 0.172. The van der Waals surface area contributed by atoms with Crippen LogP contribution in [0.5, 0.6) is 0 Å². The number of hydrogen-bond donors (Lipinski definition) is 3. The first-order chi connectivity index (χ1) is 15.1. The van der Waals surface area contributed by atoms with Gasteiger partial charge >= 0.3 is 0 Å². The smallest absolute Gasteiger partial charge is 0.251 e. The summed E-state index contributed by atoms with van der Waals surface area (Å²) in [5.41, 5.74) is 2.67. The molecule has 0 radical (unpaired) electrons. The predicted octanol–water partition coefficient (Wildman–Crippen LogP) is 3.56. The number of hydrogen-bond acceptors (Lipinski definition) is 3. The Morgan fingerprint density at radius 3 is 2.06 bits per heavy atom. The fourth-order valence-corrected chi connectivity index (χ4v) is 3.18. The summed E-state index contributed by atoms with van der Waals surface area (Å²) in [7, 11) is 0. The normalized spacial score (nSPS) is 12.2. The second-order valence-corrected chi connectivity index (χ2v) is 9.33. The molecule has 172 valence electrons. The molecule has 2 rings (SSSR count). The average Bonchev–Trinajstić information content (AvgIpc) is 2.75. The molecule has 0 saturated heterocycles. The highest BCUT2D eigenvalue weighted by atomic mass is 16.2. The van der Waals surface area contributed by atoms with E-state index in [9.17, 15) is 14.4 Å². The molecule has 0 aliphatic carbocycles. The Labute approximate surface area is 191 Å². The first-order valence-corrected chi connectivity index (χ1v) is 11.1. The number of rotatable bonds is 9. The second-order valence-electron chi connectivity index (χ2n) is 9.33. The molecule has 2 aromatic rings. The highest BCUT2D eigenvalue weighted by Crippen LogP contribution is 2.22. The maximum absolute atomic E-state index is 12.7. The van der Waals surface area contributed by atoms with Crippen LogP contribution in [0.2, 0.25) is 0 Å². The van der Waals surface area contributed by atoms with Gasteiger partial charge in [0.25, 0.3) is 5.91 Å². The Balaban J connectivity index is 1.83. The maximum Gasteiger partial charge on any atom is 0.251 e. The van der Waals surface area contributed by atoms with E-state index < -0.39 is 6.04 Å². The Morgan fingerprint density at radius 2 is 1.50 bits per heavy atom. The van der Waals surface area contributed by atoms with Crippen molar-refractivity contribution in [3.05, 3.63) is 71.3 Å². The van der Waals surface area contributed by atoms with Crippen molar-refractivity contribution < 1.29 is 14.4 Å². The van der Waals surface area contributed by atoms with Crippen LogP contribution in [-0.2, 0) is 21.5 Å². The van der Waals surface area contributed by atoms with Crippen molar-refractivity contribution in [1.29, 1.82) is 0 Å². The quantitative estimate of drug-likeness (QED) is 0.561. The molecule has 0 fully saturated rings. The monoisotopic (exact) mass is 437 g/mol. The van der Waals surface area contributed by atoms with E-state index in [-0.39, 0.29) is 42.0 Å². The molecule has 1 unspecified atom stereocenters. The average molecular weight is 438 g/mol. The Kier molecular flexibility index (Phi) is 9.00. The van der Waals surface area contributed by atoms with Crippen molar-refractivity contribution in [2.75, 3.05) is 6.54 Å². The van der Waals surface area contributed by atoms with Gasteiger partial charge in [0, 0.05) is 25.1 Å². The fraction of sp³-hybridized carbons (Fsp3) is 0.423. The zero-order valence-corrected chi connectivity index (χ0v) is 19.7. The zero-order chi connectivity index (χ0) is 23.7. The standard InChI is InChI=1S/C26H35N3O3/c1-18(2)23(29-24(31)20-11-13-21(14-12-20)26(3,4)5)25(32)27-16-15-22(30)28-17-19-9-7-6-8-10-19/h6-14,18,23H,15-17H2,1-5H3,(H,27,32)(H,28,30)(H,29,31). The van der Waals surface area contributed by atoms with Crippen LogP contribution in [0.4, 0.5) is 0 Å². The molecule has 0 aliphatic rings. The Hall–Kier alpha value is -3.15. The van der Waals surface area contributed by atoms with Crippen LogP contribution in [0.25, 0.3) is 0 Å². The molecular weight excluding hydrogens is 402 g/mol. The molecule has 3 N–H and O–H groups in total. The molecule has 6 nitrogen and oxygen atoms in total. The fourth-order valence-electron chi connectivity index (χ4n) is 3.18. The third-order valence-corrected chi connectivity index (χ3v) is 5.23. The van der Waals surface area contributed by atoms with Crippen molar-refractivity contribution in [2.45, 2.75) is 59.0 Å². The molecule has 6 heteroatoms. The molecule has 0 saturated carbocycles. The summed E-state index contributed by atoms with van der Waals surface area (Å²) in [4.78, 5) is 37.3. The molecular formula is C26H35N3O3. The summed E-state index contributed by atoms with van der Waals surface area (Å²) in [6, 6.07) is 16.4. The Bertz CT molecular complexity index is 900. The van der Waals surface area contributed by atoms with Gasteiger partial charge in [-0.15, -0.1) is 0 Å². The highest BCUT2D eigenvalue weighted by Gasteiger charge is 2.25. The minimum absolute atomic E-state index is 0.00273. The van der Waals surface area contributed by atoms with Gasteiger partial charge in [-0.05, 0) is 34.6 Å². The van der Waals surface area contributed by atoms with Crippen molar-refractivity contribution >= 4 is 17.7 Å². The third-order valence-electron chi connectivity index (χ3n) is 5.23. The topological polar surface area (TPSA) is 87.3 Å². The van der Waals surface area contributed by atoms with Crippen LogP contribution in [0, 0.1) is 5.92 Å². The van der Waals surface area contributed by atoms with Gasteiger partial charge in [0.1, 0.15) is 6.04 Å². The first-order valence-electron chi connectivity index (χ1n) is 11.1. The first kappa shape index (κ1) is 25.1. The van der Waals surface area contributed by atoms with Crippen LogP contribution in [-0.4, -0.2) is 30.3 Å². The number of carbonyl (C=O) groups excluding carboxylic acids is 3. The van der Waals surface area contributed by atoms with E-state index in [0.717, 1.165) is 11.1 Å². The van der Waals surface area contributed by atoms with Gasteiger partial charge < -0.3 is 16.0 Å². The van der Waals surface area contributed by atoms with E-state index in [0.29, 0.717) is 12.1 Å². The lowest BCUT2D eigenvalue weighted by Gasteiger charge is -2.22.